The van der Waals surface area contributed by atoms with Gasteiger partial charge in [-0.25, -0.2) is 0 Å². The second kappa shape index (κ2) is 8.29. The van der Waals surface area contributed by atoms with Gasteiger partial charge in [0.05, 0.1) is 6.54 Å². The van der Waals surface area contributed by atoms with Gasteiger partial charge in [0, 0.05) is 37.8 Å². The molecule has 1 aliphatic heterocycles. The maximum absolute atomic E-state index is 12.3. The Labute approximate surface area is 145 Å². The number of rotatable bonds is 5. The van der Waals surface area contributed by atoms with Crippen LogP contribution < -0.4 is 5.32 Å². The van der Waals surface area contributed by atoms with Gasteiger partial charge in [0.25, 0.3) is 0 Å². The molecule has 2 amide bonds. The third-order valence-corrected chi connectivity index (χ3v) is 4.96. The van der Waals surface area contributed by atoms with Crippen LogP contribution in [0, 0.1) is 19.8 Å². The van der Waals surface area contributed by atoms with E-state index >= 15 is 0 Å². The summed E-state index contributed by atoms with van der Waals surface area (Å²) in [6.07, 6.45) is 0.872. The van der Waals surface area contributed by atoms with E-state index in [1.54, 1.807) is 0 Å². The van der Waals surface area contributed by atoms with Crippen LogP contribution in [0.4, 0.5) is 5.69 Å². The summed E-state index contributed by atoms with van der Waals surface area (Å²) in [7, 11) is 0. The lowest BCUT2D eigenvalue weighted by molar-refractivity contribution is -0.136. The third-order valence-electron chi connectivity index (χ3n) is 4.96. The van der Waals surface area contributed by atoms with Crippen molar-refractivity contribution in [3.8, 4) is 0 Å². The maximum atomic E-state index is 12.3. The van der Waals surface area contributed by atoms with Gasteiger partial charge >= 0.3 is 0 Å². The molecule has 1 saturated heterocycles. The van der Waals surface area contributed by atoms with E-state index in [1.165, 1.54) is 5.56 Å². The highest BCUT2D eigenvalue weighted by Crippen LogP contribution is 2.18. The van der Waals surface area contributed by atoms with Crippen LogP contribution in [0.1, 0.15) is 31.4 Å². The van der Waals surface area contributed by atoms with Crippen molar-refractivity contribution in [3.63, 3.8) is 0 Å². The highest BCUT2D eigenvalue weighted by molar-refractivity contribution is 5.93. The van der Waals surface area contributed by atoms with Gasteiger partial charge < -0.3 is 10.2 Å². The van der Waals surface area contributed by atoms with Gasteiger partial charge in [0.15, 0.2) is 0 Å². The first-order valence-corrected chi connectivity index (χ1v) is 8.79. The van der Waals surface area contributed by atoms with Crippen LogP contribution in [-0.2, 0) is 9.59 Å². The van der Waals surface area contributed by atoms with Crippen molar-refractivity contribution in [3.05, 3.63) is 29.3 Å². The molecule has 1 unspecified atom stereocenters. The summed E-state index contributed by atoms with van der Waals surface area (Å²) < 4.78 is 0. The summed E-state index contributed by atoms with van der Waals surface area (Å²) in [5.41, 5.74) is 3.16. The molecule has 1 aromatic carbocycles. The van der Waals surface area contributed by atoms with Crippen LogP contribution in [-0.4, -0.2) is 54.3 Å². The summed E-state index contributed by atoms with van der Waals surface area (Å²) >= 11 is 0. The van der Waals surface area contributed by atoms with E-state index in [0.29, 0.717) is 19.6 Å². The summed E-state index contributed by atoms with van der Waals surface area (Å²) in [5.74, 6) is 0.325. The van der Waals surface area contributed by atoms with E-state index in [-0.39, 0.29) is 17.7 Å². The highest BCUT2D eigenvalue weighted by Gasteiger charge is 2.24. The third kappa shape index (κ3) is 4.57. The number of benzene rings is 1. The topological polar surface area (TPSA) is 52.7 Å². The molecule has 5 nitrogen and oxygen atoms in total. The van der Waals surface area contributed by atoms with Gasteiger partial charge in [-0.15, -0.1) is 0 Å². The quantitative estimate of drug-likeness (QED) is 0.901. The van der Waals surface area contributed by atoms with E-state index in [9.17, 15) is 9.59 Å². The van der Waals surface area contributed by atoms with Gasteiger partial charge in [-0.1, -0.05) is 26.0 Å². The molecule has 0 spiro atoms. The van der Waals surface area contributed by atoms with E-state index in [0.717, 1.165) is 30.8 Å². The highest BCUT2D eigenvalue weighted by atomic mass is 16.2. The number of carbonyl (C=O) groups is 2. The molecule has 132 valence electrons. The molecule has 1 aromatic rings. The molecule has 1 fully saturated rings. The predicted molar refractivity (Wildman–Crippen MR) is 97.0 cm³/mol. The van der Waals surface area contributed by atoms with Gasteiger partial charge in [-0.3, -0.25) is 14.5 Å². The fraction of sp³-hybridized carbons (Fsp3) is 0.579. The van der Waals surface area contributed by atoms with Crippen molar-refractivity contribution in [2.24, 2.45) is 5.92 Å². The molecule has 0 aliphatic carbocycles. The number of hydrogen-bond acceptors (Lipinski definition) is 3. The second-order valence-corrected chi connectivity index (χ2v) is 6.71. The van der Waals surface area contributed by atoms with Gasteiger partial charge in [-0.2, -0.15) is 0 Å². The maximum Gasteiger partial charge on any atom is 0.238 e. The fourth-order valence-electron chi connectivity index (χ4n) is 2.89. The number of nitrogens with zero attached hydrogens (tertiary/aromatic N) is 2. The van der Waals surface area contributed by atoms with E-state index in [2.05, 4.69) is 10.2 Å². The fourth-order valence-corrected chi connectivity index (χ4v) is 2.89. The normalized spacial score (nSPS) is 16.8. The Morgan fingerprint density at radius 3 is 2.46 bits per heavy atom. The zero-order valence-electron chi connectivity index (χ0n) is 15.3. The Bertz CT molecular complexity index is 592. The summed E-state index contributed by atoms with van der Waals surface area (Å²) in [5, 5.41) is 3.00. The number of carbonyl (C=O) groups excluding carboxylic acids is 2. The number of anilines is 1. The zero-order valence-corrected chi connectivity index (χ0v) is 15.3. The molecule has 1 heterocycles. The van der Waals surface area contributed by atoms with Crippen molar-refractivity contribution in [2.45, 2.75) is 34.1 Å². The summed E-state index contributed by atoms with van der Waals surface area (Å²) in [6, 6.07) is 5.93. The number of nitrogens with one attached hydrogen (secondary N) is 1. The zero-order chi connectivity index (χ0) is 17.7. The average molecular weight is 331 g/mol. The Morgan fingerprint density at radius 1 is 1.17 bits per heavy atom. The lowest BCUT2D eigenvalue weighted by Crippen LogP contribution is -2.51. The van der Waals surface area contributed by atoms with Gasteiger partial charge in [0.2, 0.25) is 11.8 Å². The molecule has 2 rings (SSSR count). The molecule has 1 atom stereocenters. The van der Waals surface area contributed by atoms with Crippen LogP contribution >= 0.6 is 0 Å². The summed E-state index contributed by atoms with van der Waals surface area (Å²) in [4.78, 5) is 28.5. The minimum atomic E-state index is 0.00500. The van der Waals surface area contributed by atoms with Crippen LogP contribution in [0.5, 0.6) is 0 Å². The first kappa shape index (κ1) is 18.5. The van der Waals surface area contributed by atoms with Crippen molar-refractivity contribution in [1.29, 1.82) is 0 Å². The lowest BCUT2D eigenvalue weighted by Gasteiger charge is -2.35. The standard InChI is InChI=1S/C19H29N3O2/c1-5-14(2)19(24)22-11-9-21(10-12-22)13-18(23)20-17-8-6-7-15(3)16(17)4/h6-8,14H,5,9-13H2,1-4H3,(H,20,23). The van der Waals surface area contributed by atoms with E-state index in [1.807, 2.05) is 50.8 Å². The molecule has 0 bridgehead atoms. The Morgan fingerprint density at radius 2 is 1.83 bits per heavy atom. The molecule has 24 heavy (non-hydrogen) atoms. The van der Waals surface area contributed by atoms with E-state index in [4.69, 9.17) is 0 Å². The molecule has 1 aliphatic rings. The van der Waals surface area contributed by atoms with Crippen LogP contribution in [0.2, 0.25) is 0 Å². The van der Waals surface area contributed by atoms with Crippen molar-refractivity contribution >= 4 is 17.5 Å². The van der Waals surface area contributed by atoms with E-state index < -0.39 is 0 Å². The minimum Gasteiger partial charge on any atom is -0.340 e. The smallest absolute Gasteiger partial charge is 0.238 e. The molecule has 0 aromatic heterocycles. The molecule has 0 radical (unpaired) electrons. The molecule has 1 N–H and O–H groups in total. The largest absolute Gasteiger partial charge is 0.340 e. The molecular weight excluding hydrogens is 302 g/mol. The average Bonchev–Trinajstić information content (AvgIpc) is 2.58. The number of aryl methyl sites for hydroxylation is 1. The number of hydrogen-bond donors (Lipinski definition) is 1. The van der Waals surface area contributed by atoms with Crippen LogP contribution in [0.3, 0.4) is 0 Å². The Hall–Kier alpha value is -1.88. The van der Waals surface area contributed by atoms with Crippen molar-refractivity contribution < 1.29 is 9.59 Å². The number of piperazine rings is 1. The van der Waals surface area contributed by atoms with Crippen LogP contribution in [0.25, 0.3) is 0 Å². The van der Waals surface area contributed by atoms with Crippen molar-refractivity contribution in [1.82, 2.24) is 9.80 Å². The summed E-state index contributed by atoms with van der Waals surface area (Å²) in [6.45, 7) is 11.4. The first-order chi connectivity index (χ1) is 11.4. The minimum absolute atomic E-state index is 0.00500. The first-order valence-electron chi connectivity index (χ1n) is 8.79. The van der Waals surface area contributed by atoms with Gasteiger partial charge in [0.1, 0.15) is 0 Å². The molecular formula is C19H29N3O2. The lowest BCUT2D eigenvalue weighted by atomic mass is 10.1. The number of amides is 2. The second-order valence-electron chi connectivity index (χ2n) is 6.71. The SMILES string of the molecule is CCC(C)C(=O)N1CCN(CC(=O)Nc2cccc(C)c2C)CC1. The van der Waals surface area contributed by atoms with Crippen molar-refractivity contribution in [2.75, 3.05) is 38.0 Å². The Kier molecular flexibility index (Phi) is 6.37. The Balaban J connectivity index is 1.82. The molecule has 5 heteroatoms. The monoisotopic (exact) mass is 331 g/mol. The van der Waals surface area contributed by atoms with Crippen LogP contribution in [0.15, 0.2) is 18.2 Å². The molecule has 0 saturated carbocycles. The van der Waals surface area contributed by atoms with Gasteiger partial charge in [-0.05, 0) is 37.5 Å². The predicted octanol–water partition coefficient (Wildman–Crippen LogP) is 2.43.